The molecule has 1 aromatic heterocycles. The van der Waals surface area contributed by atoms with Gasteiger partial charge in [0.25, 0.3) is 0 Å². The quantitative estimate of drug-likeness (QED) is 0.625. The minimum Gasteiger partial charge on any atom is -0.382 e. The molecule has 0 saturated carbocycles. The van der Waals surface area contributed by atoms with Gasteiger partial charge >= 0.3 is 0 Å². The zero-order valence-electron chi connectivity index (χ0n) is 6.63. The lowest BCUT2D eigenvalue weighted by molar-refractivity contribution is 0.150. The number of ether oxygens (including phenoxy) is 1. The van der Waals surface area contributed by atoms with Crippen molar-refractivity contribution in [1.82, 2.24) is 10.2 Å². The maximum absolute atomic E-state index is 5.40. The number of nitrogens with two attached hydrogens (primary N) is 1. The van der Waals surface area contributed by atoms with Crippen molar-refractivity contribution in [3.8, 4) is 0 Å². The fourth-order valence-electron chi connectivity index (χ4n) is 0.834. The monoisotopic (exact) mass is 155 g/mol. The molecule has 0 radical (unpaired) electrons. The number of hydrogen-bond acceptors (Lipinski definition) is 3. The molecule has 0 fully saturated rings. The van der Waals surface area contributed by atoms with Crippen molar-refractivity contribution < 1.29 is 4.74 Å². The van der Waals surface area contributed by atoms with E-state index in [4.69, 9.17) is 10.5 Å². The first-order valence-corrected chi connectivity index (χ1v) is 3.70. The van der Waals surface area contributed by atoms with E-state index in [9.17, 15) is 0 Å². The van der Waals surface area contributed by atoms with Gasteiger partial charge in [0.2, 0.25) is 0 Å². The van der Waals surface area contributed by atoms with Crippen LogP contribution in [-0.2, 0) is 11.2 Å². The van der Waals surface area contributed by atoms with Crippen LogP contribution in [-0.4, -0.2) is 23.4 Å². The molecule has 4 heteroatoms. The Morgan fingerprint density at radius 3 is 3.09 bits per heavy atom. The second kappa shape index (κ2) is 3.98. The molecular weight excluding hydrogens is 142 g/mol. The predicted molar refractivity (Wildman–Crippen MR) is 43.2 cm³/mol. The van der Waals surface area contributed by atoms with Crippen molar-refractivity contribution in [1.29, 1.82) is 0 Å². The predicted octanol–water partition coefficient (Wildman–Crippen LogP) is 0.571. The van der Waals surface area contributed by atoms with Gasteiger partial charge in [0.15, 0.2) is 0 Å². The summed E-state index contributed by atoms with van der Waals surface area (Å²) in [6, 6.07) is 1.82. The number of nitrogens with one attached hydrogen (secondary N) is 1. The highest BCUT2D eigenvalue weighted by molar-refractivity contribution is 5.28. The van der Waals surface area contributed by atoms with Gasteiger partial charge in [-0.3, -0.25) is 5.10 Å². The van der Waals surface area contributed by atoms with E-state index in [0.29, 0.717) is 5.82 Å². The first-order chi connectivity index (χ1) is 5.33. The van der Waals surface area contributed by atoms with Crippen molar-refractivity contribution in [2.75, 3.05) is 18.9 Å². The standard InChI is InChI=1S/C7H13N3O/c1-2-11-4-3-6-5-7(8)10-9-6/h5H,2-4H2,1H3,(H3,8,9,10). The third-order valence-electron chi connectivity index (χ3n) is 1.37. The van der Waals surface area contributed by atoms with Gasteiger partial charge in [0.1, 0.15) is 5.82 Å². The normalized spacial score (nSPS) is 10.3. The molecule has 62 valence electrons. The molecule has 0 atom stereocenters. The van der Waals surface area contributed by atoms with Crippen LogP contribution in [0.2, 0.25) is 0 Å². The summed E-state index contributed by atoms with van der Waals surface area (Å²) in [6.07, 6.45) is 0.845. The Balaban J connectivity index is 2.27. The second-order valence-corrected chi connectivity index (χ2v) is 2.26. The average Bonchev–Trinajstić information content (AvgIpc) is 2.37. The van der Waals surface area contributed by atoms with Crippen molar-refractivity contribution >= 4 is 5.82 Å². The molecule has 0 aliphatic rings. The number of nitrogens with zero attached hydrogens (tertiary/aromatic N) is 1. The number of hydrogen-bond donors (Lipinski definition) is 2. The highest BCUT2D eigenvalue weighted by atomic mass is 16.5. The average molecular weight is 155 g/mol. The Bertz CT molecular complexity index is 209. The van der Waals surface area contributed by atoms with Crippen LogP contribution < -0.4 is 5.73 Å². The van der Waals surface area contributed by atoms with Crippen molar-refractivity contribution in [2.24, 2.45) is 0 Å². The molecule has 4 nitrogen and oxygen atoms in total. The van der Waals surface area contributed by atoms with Crippen LogP contribution in [0, 0.1) is 0 Å². The fraction of sp³-hybridized carbons (Fsp3) is 0.571. The summed E-state index contributed by atoms with van der Waals surface area (Å²) >= 11 is 0. The van der Waals surface area contributed by atoms with Crippen LogP contribution in [0.25, 0.3) is 0 Å². The summed E-state index contributed by atoms with van der Waals surface area (Å²) in [5.41, 5.74) is 6.42. The third kappa shape index (κ3) is 2.59. The molecule has 0 amide bonds. The molecule has 1 aromatic rings. The summed E-state index contributed by atoms with van der Waals surface area (Å²) in [5, 5.41) is 6.60. The van der Waals surface area contributed by atoms with Crippen LogP contribution in [0.5, 0.6) is 0 Å². The molecule has 0 aromatic carbocycles. The molecule has 1 heterocycles. The molecule has 0 aliphatic heterocycles. The van der Waals surface area contributed by atoms with Gasteiger partial charge in [0, 0.05) is 24.8 Å². The summed E-state index contributed by atoms with van der Waals surface area (Å²) in [4.78, 5) is 0. The first kappa shape index (κ1) is 8.07. The molecule has 0 unspecified atom stereocenters. The highest BCUT2D eigenvalue weighted by Crippen LogP contribution is 2.00. The molecule has 0 bridgehead atoms. The smallest absolute Gasteiger partial charge is 0.145 e. The number of aromatic nitrogens is 2. The van der Waals surface area contributed by atoms with Crippen LogP contribution in [0.15, 0.2) is 6.07 Å². The minimum absolute atomic E-state index is 0.538. The maximum Gasteiger partial charge on any atom is 0.145 e. The lowest BCUT2D eigenvalue weighted by Gasteiger charge is -1.96. The zero-order chi connectivity index (χ0) is 8.10. The molecule has 0 aliphatic carbocycles. The molecule has 0 saturated heterocycles. The Morgan fingerprint density at radius 2 is 2.55 bits per heavy atom. The largest absolute Gasteiger partial charge is 0.382 e. The molecule has 0 spiro atoms. The Labute approximate surface area is 65.7 Å². The Kier molecular flexibility index (Phi) is 2.92. The summed E-state index contributed by atoms with van der Waals surface area (Å²) in [7, 11) is 0. The SMILES string of the molecule is CCOCCc1cc(N)n[nH]1. The number of nitrogen functional groups attached to an aromatic ring is 1. The topological polar surface area (TPSA) is 63.9 Å². The number of rotatable bonds is 4. The first-order valence-electron chi connectivity index (χ1n) is 3.70. The second-order valence-electron chi connectivity index (χ2n) is 2.26. The van der Waals surface area contributed by atoms with Crippen molar-refractivity contribution in [3.05, 3.63) is 11.8 Å². The fourth-order valence-corrected chi connectivity index (χ4v) is 0.834. The summed E-state index contributed by atoms with van der Waals surface area (Å²) in [6.45, 7) is 3.45. The van der Waals surface area contributed by atoms with Gasteiger partial charge in [-0.2, -0.15) is 5.10 Å². The van der Waals surface area contributed by atoms with E-state index in [-0.39, 0.29) is 0 Å². The van der Waals surface area contributed by atoms with E-state index in [1.807, 2.05) is 13.0 Å². The van der Waals surface area contributed by atoms with Crippen LogP contribution in [0.1, 0.15) is 12.6 Å². The number of aromatic amines is 1. The number of H-pyrrole nitrogens is 1. The molecule has 11 heavy (non-hydrogen) atoms. The van der Waals surface area contributed by atoms with E-state index in [1.165, 1.54) is 0 Å². The molecule has 3 N–H and O–H groups in total. The zero-order valence-corrected chi connectivity index (χ0v) is 6.63. The van der Waals surface area contributed by atoms with Gasteiger partial charge < -0.3 is 10.5 Å². The van der Waals surface area contributed by atoms with Crippen molar-refractivity contribution in [3.63, 3.8) is 0 Å². The number of anilines is 1. The highest BCUT2D eigenvalue weighted by Gasteiger charge is 1.95. The third-order valence-corrected chi connectivity index (χ3v) is 1.37. The van der Waals surface area contributed by atoms with E-state index < -0.39 is 0 Å². The summed E-state index contributed by atoms with van der Waals surface area (Å²) in [5.74, 6) is 0.538. The van der Waals surface area contributed by atoms with Gasteiger partial charge in [0.05, 0.1) is 6.61 Å². The van der Waals surface area contributed by atoms with E-state index in [2.05, 4.69) is 10.2 Å². The lowest BCUT2D eigenvalue weighted by Crippen LogP contribution is -1.97. The van der Waals surface area contributed by atoms with Crippen LogP contribution in [0.4, 0.5) is 5.82 Å². The van der Waals surface area contributed by atoms with Crippen LogP contribution in [0.3, 0.4) is 0 Å². The van der Waals surface area contributed by atoms with Gasteiger partial charge in [-0.15, -0.1) is 0 Å². The van der Waals surface area contributed by atoms with E-state index in [0.717, 1.165) is 25.3 Å². The Morgan fingerprint density at radius 1 is 1.73 bits per heavy atom. The lowest BCUT2D eigenvalue weighted by atomic mass is 10.3. The summed E-state index contributed by atoms with van der Waals surface area (Å²) < 4.78 is 5.16. The van der Waals surface area contributed by atoms with E-state index >= 15 is 0 Å². The maximum atomic E-state index is 5.40. The molecule has 1 rings (SSSR count). The Hall–Kier alpha value is -1.03. The van der Waals surface area contributed by atoms with Gasteiger partial charge in [-0.25, -0.2) is 0 Å². The van der Waals surface area contributed by atoms with Gasteiger partial charge in [-0.05, 0) is 6.92 Å². The van der Waals surface area contributed by atoms with Crippen LogP contribution >= 0.6 is 0 Å². The van der Waals surface area contributed by atoms with Crippen molar-refractivity contribution in [2.45, 2.75) is 13.3 Å². The minimum atomic E-state index is 0.538. The van der Waals surface area contributed by atoms with Gasteiger partial charge in [-0.1, -0.05) is 0 Å². The molecular formula is C7H13N3O. The van der Waals surface area contributed by atoms with E-state index in [1.54, 1.807) is 0 Å².